The van der Waals surface area contributed by atoms with E-state index < -0.39 is 29.8 Å². The van der Waals surface area contributed by atoms with Gasteiger partial charge in [0.05, 0.1) is 6.61 Å². The number of nitrogens with one attached hydrogen (secondary N) is 1. The van der Waals surface area contributed by atoms with Gasteiger partial charge in [0.2, 0.25) is 0 Å². The van der Waals surface area contributed by atoms with Gasteiger partial charge in [-0.2, -0.15) is 0 Å². The molecule has 0 spiro atoms. The summed E-state index contributed by atoms with van der Waals surface area (Å²) >= 11 is 0. The van der Waals surface area contributed by atoms with Crippen LogP contribution in [0.3, 0.4) is 0 Å². The van der Waals surface area contributed by atoms with Crippen LogP contribution in [0.1, 0.15) is 53.4 Å². The lowest BCUT2D eigenvalue weighted by molar-refractivity contribution is -0.156. The lowest BCUT2D eigenvalue weighted by Gasteiger charge is -2.31. The van der Waals surface area contributed by atoms with Crippen LogP contribution in [0.15, 0.2) is 60.7 Å². The van der Waals surface area contributed by atoms with Crippen LogP contribution in [0.4, 0.5) is 4.79 Å². The van der Waals surface area contributed by atoms with E-state index in [1.807, 2.05) is 67.6 Å². The van der Waals surface area contributed by atoms with Gasteiger partial charge < -0.3 is 24.3 Å². The SMILES string of the molecule is CC1OC(=O)C(NC(=O)OC(C)(C)C)CCCC(CCOc2ccccc2)C1Oc1ccccc1. The Labute approximate surface area is 208 Å². The smallest absolute Gasteiger partial charge is 0.408 e. The van der Waals surface area contributed by atoms with Crippen LogP contribution in [-0.2, 0) is 14.3 Å². The molecule has 1 N–H and O–H groups in total. The predicted octanol–water partition coefficient (Wildman–Crippen LogP) is 5.53. The Hall–Kier alpha value is -3.22. The maximum atomic E-state index is 13.0. The number of carbonyl (C=O) groups is 2. The highest BCUT2D eigenvalue weighted by Gasteiger charge is 2.36. The second-order valence-corrected chi connectivity index (χ2v) is 9.88. The first-order chi connectivity index (χ1) is 16.7. The minimum Gasteiger partial charge on any atom is -0.494 e. The lowest BCUT2D eigenvalue weighted by atomic mass is 9.89. The zero-order valence-electron chi connectivity index (χ0n) is 21.1. The van der Waals surface area contributed by atoms with Crippen LogP contribution in [0.2, 0.25) is 0 Å². The third-order valence-corrected chi connectivity index (χ3v) is 5.79. The van der Waals surface area contributed by atoms with E-state index >= 15 is 0 Å². The molecule has 1 aliphatic heterocycles. The van der Waals surface area contributed by atoms with Crippen LogP contribution in [0.25, 0.3) is 0 Å². The summed E-state index contributed by atoms with van der Waals surface area (Å²) in [6.07, 6.45) is 1.19. The molecule has 1 aliphatic rings. The van der Waals surface area contributed by atoms with Crippen molar-refractivity contribution in [2.75, 3.05) is 6.61 Å². The van der Waals surface area contributed by atoms with Gasteiger partial charge in [-0.1, -0.05) is 42.8 Å². The first-order valence-corrected chi connectivity index (χ1v) is 12.3. The van der Waals surface area contributed by atoms with Crippen LogP contribution in [0, 0.1) is 5.92 Å². The molecular weight excluding hydrogens is 446 g/mol. The van der Waals surface area contributed by atoms with Gasteiger partial charge in [0.25, 0.3) is 0 Å². The van der Waals surface area contributed by atoms with Crippen molar-refractivity contribution in [3.63, 3.8) is 0 Å². The Morgan fingerprint density at radius 2 is 1.63 bits per heavy atom. The highest BCUT2D eigenvalue weighted by atomic mass is 16.6. The molecular formula is C28H37NO6. The van der Waals surface area contributed by atoms with Gasteiger partial charge in [-0.3, -0.25) is 0 Å². The molecule has 1 heterocycles. The summed E-state index contributed by atoms with van der Waals surface area (Å²) in [5.41, 5.74) is -0.655. The third-order valence-electron chi connectivity index (χ3n) is 5.79. The molecule has 0 saturated carbocycles. The van der Waals surface area contributed by atoms with Crippen molar-refractivity contribution in [3.05, 3.63) is 60.7 Å². The Morgan fingerprint density at radius 1 is 1.00 bits per heavy atom. The van der Waals surface area contributed by atoms with Crippen molar-refractivity contribution in [3.8, 4) is 11.5 Å². The summed E-state index contributed by atoms with van der Waals surface area (Å²) in [6.45, 7) is 7.70. The van der Waals surface area contributed by atoms with Crippen LogP contribution < -0.4 is 14.8 Å². The van der Waals surface area contributed by atoms with Gasteiger partial charge in [-0.05, 0) is 71.2 Å². The molecule has 1 fully saturated rings. The number of hydrogen-bond acceptors (Lipinski definition) is 6. The minimum atomic E-state index is -0.774. The number of esters is 1. The number of alkyl carbamates (subject to hydrolysis) is 1. The standard InChI is InChI=1S/C28H37NO6/c1-20-25(34-23-15-9-6-10-16-23)21(18-19-32-22-13-7-5-8-14-22)12-11-17-24(26(30)33-20)29-27(31)35-28(2,3)4/h5-10,13-16,20-21,24-25H,11-12,17-19H2,1-4H3,(H,29,31). The van der Waals surface area contributed by atoms with E-state index in [2.05, 4.69) is 5.32 Å². The predicted molar refractivity (Wildman–Crippen MR) is 133 cm³/mol. The minimum absolute atomic E-state index is 0.0852. The van der Waals surface area contributed by atoms with Crippen molar-refractivity contribution in [1.82, 2.24) is 5.32 Å². The molecule has 0 radical (unpaired) electrons. The molecule has 1 saturated heterocycles. The fourth-order valence-corrected chi connectivity index (χ4v) is 4.16. The summed E-state index contributed by atoms with van der Waals surface area (Å²) in [5, 5.41) is 2.68. The van der Waals surface area contributed by atoms with Crippen molar-refractivity contribution in [2.45, 2.75) is 77.2 Å². The maximum absolute atomic E-state index is 13.0. The van der Waals surface area contributed by atoms with Crippen LogP contribution in [0.5, 0.6) is 11.5 Å². The quantitative estimate of drug-likeness (QED) is 0.522. The number of cyclic esters (lactones) is 1. The maximum Gasteiger partial charge on any atom is 0.408 e. The van der Waals surface area contributed by atoms with Crippen LogP contribution >= 0.6 is 0 Å². The Bertz CT molecular complexity index is 927. The normalized spacial score (nSPS) is 23.1. The van der Waals surface area contributed by atoms with E-state index in [0.29, 0.717) is 19.4 Å². The highest BCUT2D eigenvalue weighted by Crippen LogP contribution is 2.29. The van der Waals surface area contributed by atoms with Crippen molar-refractivity contribution in [2.24, 2.45) is 5.92 Å². The number of rotatable bonds is 7. The number of hydrogen-bond donors (Lipinski definition) is 1. The van der Waals surface area contributed by atoms with Crippen molar-refractivity contribution >= 4 is 12.1 Å². The van der Waals surface area contributed by atoms with Gasteiger partial charge in [-0.15, -0.1) is 0 Å². The molecule has 1 amide bonds. The van der Waals surface area contributed by atoms with Gasteiger partial charge in [0.15, 0.2) is 0 Å². The highest BCUT2D eigenvalue weighted by molar-refractivity contribution is 5.81. The average molecular weight is 484 g/mol. The zero-order chi connectivity index (χ0) is 25.3. The molecule has 0 aromatic heterocycles. The molecule has 7 heteroatoms. The fraction of sp³-hybridized carbons (Fsp3) is 0.500. The summed E-state index contributed by atoms with van der Waals surface area (Å²) in [7, 11) is 0. The Kier molecular flexibility index (Phi) is 9.40. The lowest BCUT2D eigenvalue weighted by Crippen LogP contribution is -2.46. The summed E-state index contributed by atoms with van der Waals surface area (Å²) in [5.74, 6) is 1.14. The summed E-state index contributed by atoms with van der Waals surface area (Å²) in [6, 6.07) is 18.5. The van der Waals surface area contributed by atoms with Gasteiger partial charge in [0, 0.05) is 5.92 Å². The zero-order valence-corrected chi connectivity index (χ0v) is 21.1. The topological polar surface area (TPSA) is 83.1 Å². The van der Waals surface area contributed by atoms with Crippen LogP contribution in [-0.4, -0.2) is 42.5 Å². The van der Waals surface area contributed by atoms with Gasteiger partial charge in [-0.25, -0.2) is 9.59 Å². The largest absolute Gasteiger partial charge is 0.494 e. The van der Waals surface area contributed by atoms with E-state index in [9.17, 15) is 9.59 Å². The van der Waals surface area contributed by atoms with E-state index in [0.717, 1.165) is 24.3 Å². The average Bonchev–Trinajstić information content (AvgIpc) is 2.85. The molecule has 4 atom stereocenters. The third kappa shape index (κ3) is 8.81. The number of amides is 1. The summed E-state index contributed by atoms with van der Waals surface area (Å²) < 4.78 is 23.5. The van der Waals surface area contributed by atoms with E-state index in [4.69, 9.17) is 18.9 Å². The molecule has 4 unspecified atom stereocenters. The Morgan fingerprint density at radius 3 is 2.26 bits per heavy atom. The second kappa shape index (κ2) is 12.5. The number of para-hydroxylation sites is 2. The fourth-order valence-electron chi connectivity index (χ4n) is 4.16. The first-order valence-electron chi connectivity index (χ1n) is 12.3. The number of ether oxygens (including phenoxy) is 4. The molecule has 0 aliphatic carbocycles. The van der Waals surface area contributed by atoms with Gasteiger partial charge >= 0.3 is 12.1 Å². The molecule has 7 nitrogen and oxygen atoms in total. The van der Waals surface area contributed by atoms with Crippen molar-refractivity contribution < 1.29 is 28.5 Å². The number of benzene rings is 2. The second-order valence-electron chi connectivity index (χ2n) is 9.88. The molecule has 190 valence electrons. The molecule has 0 bridgehead atoms. The van der Waals surface area contributed by atoms with E-state index in [1.54, 1.807) is 20.8 Å². The van der Waals surface area contributed by atoms with E-state index in [1.165, 1.54) is 0 Å². The molecule has 2 aromatic carbocycles. The molecule has 3 rings (SSSR count). The summed E-state index contributed by atoms with van der Waals surface area (Å²) in [4.78, 5) is 25.3. The monoisotopic (exact) mass is 483 g/mol. The first kappa shape index (κ1) is 26.4. The molecule has 35 heavy (non-hydrogen) atoms. The van der Waals surface area contributed by atoms with Gasteiger partial charge in [0.1, 0.15) is 35.3 Å². The van der Waals surface area contributed by atoms with Crippen molar-refractivity contribution in [1.29, 1.82) is 0 Å². The Balaban J connectivity index is 1.72. The molecule has 2 aromatic rings. The number of carbonyl (C=O) groups excluding carboxylic acids is 2. The van der Waals surface area contributed by atoms with E-state index in [-0.39, 0.29) is 12.0 Å².